The molecule has 1 atom stereocenters. The molecule has 2 aliphatic rings. The number of furan rings is 1. The number of hydrogen-bond donors (Lipinski definition) is 0. The van der Waals surface area contributed by atoms with Gasteiger partial charge in [-0.15, -0.1) is 11.8 Å². The van der Waals surface area contributed by atoms with E-state index in [-0.39, 0.29) is 6.54 Å². The highest BCUT2D eigenvalue weighted by atomic mass is 32.2. The lowest BCUT2D eigenvalue weighted by Gasteiger charge is -2.42. The van der Waals surface area contributed by atoms with Gasteiger partial charge >= 0.3 is 0 Å². The van der Waals surface area contributed by atoms with Gasteiger partial charge in [0.1, 0.15) is 23.7 Å². The molecule has 1 unspecified atom stereocenters. The van der Waals surface area contributed by atoms with E-state index in [9.17, 15) is 8.78 Å². The summed E-state index contributed by atoms with van der Waals surface area (Å²) in [7, 11) is 1.75. The Labute approximate surface area is 162 Å². The van der Waals surface area contributed by atoms with E-state index in [0.29, 0.717) is 25.4 Å². The number of fused-ring (bicyclic) bond motifs is 1. The lowest BCUT2D eigenvalue weighted by atomic mass is 9.99. The van der Waals surface area contributed by atoms with Crippen molar-refractivity contribution >= 4 is 22.7 Å². The molecule has 146 valence electrons. The van der Waals surface area contributed by atoms with Crippen LogP contribution < -0.4 is 4.74 Å². The van der Waals surface area contributed by atoms with Crippen molar-refractivity contribution in [3.8, 4) is 5.75 Å². The van der Waals surface area contributed by atoms with E-state index in [1.165, 1.54) is 0 Å². The molecule has 4 nitrogen and oxygen atoms in total. The molecular formula is C20H24F2N2O2S. The van der Waals surface area contributed by atoms with Crippen molar-refractivity contribution in [2.45, 2.75) is 32.2 Å². The van der Waals surface area contributed by atoms with Gasteiger partial charge in [-0.1, -0.05) is 0 Å². The number of halogens is 2. The lowest BCUT2D eigenvalue weighted by Crippen LogP contribution is -2.56. The van der Waals surface area contributed by atoms with Crippen LogP contribution >= 0.6 is 11.8 Å². The number of aryl methyl sites for hydroxylation is 1. The number of allylic oxidation sites excluding steroid dienone is 1. The third-order valence-electron chi connectivity index (χ3n) is 5.32. The van der Waals surface area contributed by atoms with Crippen LogP contribution in [0.4, 0.5) is 8.78 Å². The van der Waals surface area contributed by atoms with Crippen molar-refractivity contribution in [1.82, 2.24) is 9.80 Å². The zero-order chi connectivity index (χ0) is 19.2. The van der Waals surface area contributed by atoms with E-state index < -0.39 is 12.0 Å². The number of hydrogen-bond acceptors (Lipinski definition) is 5. The van der Waals surface area contributed by atoms with Crippen LogP contribution in [-0.4, -0.2) is 54.4 Å². The Kier molecular flexibility index (Phi) is 4.84. The SMILES string of the molecule is CC1=C(COc2ccc3oc(C)cc3c2)SCN1C1CCN(C)CC1(F)F. The Balaban J connectivity index is 1.45. The molecule has 27 heavy (non-hydrogen) atoms. The molecule has 1 aromatic carbocycles. The summed E-state index contributed by atoms with van der Waals surface area (Å²) in [6.07, 6.45) is 0.478. The molecule has 0 radical (unpaired) electrons. The molecule has 0 N–H and O–H groups in total. The van der Waals surface area contributed by atoms with Crippen LogP contribution in [-0.2, 0) is 0 Å². The predicted molar refractivity (Wildman–Crippen MR) is 104 cm³/mol. The highest BCUT2D eigenvalue weighted by Gasteiger charge is 2.48. The number of likely N-dealkylation sites (tertiary alicyclic amines) is 1. The molecule has 4 rings (SSSR count). The first-order valence-corrected chi connectivity index (χ1v) is 10.1. The number of rotatable bonds is 4. The minimum atomic E-state index is -2.70. The summed E-state index contributed by atoms with van der Waals surface area (Å²) in [4.78, 5) is 4.59. The molecule has 0 aliphatic carbocycles. The van der Waals surface area contributed by atoms with Crippen LogP contribution in [0.3, 0.4) is 0 Å². The van der Waals surface area contributed by atoms with E-state index in [1.807, 2.05) is 43.0 Å². The van der Waals surface area contributed by atoms with E-state index >= 15 is 0 Å². The average molecular weight is 394 g/mol. The quantitative estimate of drug-likeness (QED) is 0.750. The van der Waals surface area contributed by atoms with Gasteiger partial charge in [0, 0.05) is 22.5 Å². The van der Waals surface area contributed by atoms with Gasteiger partial charge in [0.15, 0.2) is 0 Å². The average Bonchev–Trinajstić information content (AvgIpc) is 3.13. The molecule has 2 aromatic rings. The summed E-state index contributed by atoms with van der Waals surface area (Å²) in [6, 6.07) is 6.96. The summed E-state index contributed by atoms with van der Waals surface area (Å²) in [6.45, 7) is 4.76. The Morgan fingerprint density at radius 3 is 2.89 bits per heavy atom. The number of benzene rings is 1. The number of ether oxygens (including phenoxy) is 1. The maximum absolute atomic E-state index is 14.5. The standard InChI is InChI=1S/C20H24F2N2O2S/c1-13-8-15-9-16(4-5-17(15)26-13)25-10-18-14(2)24(12-27-18)19-6-7-23(3)11-20(19,21)22/h4-5,8-9,19H,6-7,10-12H2,1-3H3. The van der Waals surface area contributed by atoms with Crippen LogP contribution in [0.2, 0.25) is 0 Å². The molecule has 0 saturated carbocycles. The Morgan fingerprint density at radius 1 is 1.30 bits per heavy atom. The van der Waals surface area contributed by atoms with E-state index in [1.54, 1.807) is 23.7 Å². The zero-order valence-electron chi connectivity index (χ0n) is 15.8. The highest BCUT2D eigenvalue weighted by Crippen LogP contribution is 2.40. The van der Waals surface area contributed by atoms with Gasteiger partial charge in [-0.25, -0.2) is 8.78 Å². The monoisotopic (exact) mass is 394 g/mol. The van der Waals surface area contributed by atoms with Crippen LogP contribution in [0.1, 0.15) is 19.1 Å². The molecule has 1 saturated heterocycles. The van der Waals surface area contributed by atoms with Crippen molar-refractivity contribution in [3.05, 3.63) is 40.6 Å². The second-order valence-corrected chi connectivity index (χ2v) is 8.44. The summed E-state index contributed by atoms with van der Waals surface area (Å²) < 4.78 is 40.6. The molecule has 1 fully saturated rings. The van der Waals surface area contributed by atoms with Crippen LogP contribution in [0.5, 0.6) is 5.75 Å². The van der Waals surface area contributed by atoms with Gasteiger partial charge in [0.2, 0.25) is 0 Å². The Bertz CT molecular complexity index is 880. The molecule has 2 aliphatic heterocycles. The molecule has 0 amide bonds. The molecule has 0 bridgehead atoms. The second-order valence-electron chi connectivity index (χ2n) is 7.40. The number of thioether (sulfide) groups is 1. The summed E-state index contributed by atoms with van der Waals surface area (Å²) in [5.41, 5.74) is 1.75. The van der Waals surface area contributed by atoms with E-state index in [2.05, 4.69) is 0 Å². The van der Waals surface area contributed by atoms with Gasteiger partial charge in [-0.2, -0.15) is 0 Å². The first-order chi connectivity index (χ1) is 12.8. The summed E-state index contributed by atoms with van der Waals surface area (Å²) >= 11 is 1.60. The number of piperidine rings is 1. The van der Waals surface area contributed by atoms with E-state index in [0.717, 1.165) is 33.1 Å². The van der Waals surface area contributed by atoms with Gasteiger partial charge in [-0.05, 0) is 51.6 Å². The van der Waals surface area contributed by atoms with Crippen LogP contribution in [0.25, 0.3) is 11.0 Å². The fraction of sp³-hybridized carbons (Fsp3) is 0.500. The van der Waals surface area contributed by atoms with Gasteiger partial charge in [0.25, 0.3) is 5.92 Å². The third-order valence-corrected chi connectivity index (χ3v) is 6.49. The highest BCUT2D eigenvalue weighted by molar-refractivity contribution is 8.03. The molecule has 7 heteroatoms. The second kappa shape index (κ2) is 7.02. The minimum absolute atomic E-state index is 0.178. The van der Waals surface area contributed by atoms with Crippen molar-refractivity contribution in [2.75, 3.05) is 32.6 Å². The van der Waals surface area contributed by atoms with Crippen molar-refractivity contribution in [2.24, 2.45) is 0 Å². The molecule has 0 spiro atoms. The first-order valence-electron chi connectivity index (χ1n) is 9.12. The normalized spacial score (nSPS) is 23.4. The predicted octanol–water partition coefficient (Wildman–Crippen LogP) is 4.70. The van der Waals surface area contributed by atoms with Crippen molar-refractivity contribution in [3.63, 3.8) is 0 Å². The summed E-state index contributed by atoms with van der Waals surface area (Å²) in [5, 5.41) is 1.00. The lowest BCUT2D eigenvalue weighted by molar-refractivity contribution is -0.111. The third kappa shape index (κ3) is 3.67. The maximum Gasteiger partial charge on any atom is 0.280 e. The Hall–Kier alpha value is -1.73. The topological polar surface area (TPSA) is 28.9 Å². The van der Waals surface area contributed by atoms with Crippen molar-refractivity contribution < 1.29 is 17.9 Å². The zero-order valence-corrected chi connectivity index (χ0v) is 16.6. The fourth-order valence-corrected chi connectivity index (χ4v) is 4.99. The smallest absolute Gasteiger partial charge is 0.280 e. The summed E-state index contributed by atoms with van der Waals surface area (Å²) in [5.74, 6) is -0.516. The number of nitrogens with zero attached hydrogens (tertiary/aromatic N) is 2. The minimum Gasteiger partial charge on any atom is -0.488 e. The molecule has 3 heterocycles. The van der Waals surface area contributed by atoms with Gasteiger partial charge < -0.3 is 19.0 Å². The van der Waals surface area contributed by atoms with Crippen LogP contribution in [0.15, 0.2) is 39.3 Å². The van der Waals surface area contributed by atoms with Gasteiger partial charge in [-0.3, -0.25) is 0 Å². The first kappa shape index (κ1) is 18.6. The Morgan fingerprint density at radius 2 is 2.11 bits per heavy atom. The molecular weight excluding hydrogens is 370 g/mol. The molecule has 1 aromatic heterocycles. The van der Waals surface area contributed by atoms with Crippen LogP contribution in [0, 0.1) is 6.92 Å². The fourth-order valence-electron chi connectivity index (χ4n) is 3.85. The van der Waals surface area contributed by atoms with E-state index in [4.69, 9.17) is 9.15 Å². The number of alkyl halides is 2. The van der Waals surface area contributed by atoms with Crippen molar-refractivity contribution in [1.29, 1.82) is 0 Å². The van der Waals surface area contributed by atoms with Gasteiger partial charge in [0.05, 0.1) is 18.5 Å². The largest absolute Gasteiger partial charge is 0.488 e. The maximum atomic E-state index is 14.5.